The van der Waals surface area contributed by atoms with E-state index < -0.39 is 0 Å². The molecule has 1 nitrogen and oxygen atoms in total. The maximum atomic E-state index is 3.62. The summed E-state index contributed by atoms with van der Waals surface area (Å²) < 4.78 is 0. The first-order valence-corrected chi connectivity index (χ1v) is 6.97. The average molecular weight is 231 g/mol. The number of rotatable bonds is 6. The molecule has 0 amide bonds. The topological polar surface area (TPSA) is 12.0 Å². The largest absolute Gasteiger partial charge is 0.310 e. The van der Waals surface area contributed by atoms with Crippen molar-refractivity contribution in [3.8, 4) is 0 Å². The lowest BCUT2D eigenvalue weighted by Crippen LogP contribution is -2.21. The molecule has 1 aliphatic carbocycles. The Labute approximate surface area is 106 Å². The van der Waals surface area contributed by atoms with Gasteiger partial charge in [0.2, 0.25) is 0 Å². The molecule has 0 spiro atoms. The van der Waals surface area contributed by atoms with E-state index in [0.717, 1.165) is 11.8 Å². The third kappa shape index (κ3) is 4.16. The molecule has 1 aliphatic rings. The Hall–Kier alpha value is -0.820. The molecule has 17 heavy (non-hydrogen) atoms. The van der Waals surface area contributed by atoms with Crippen molar-refractivity contribution in [3.63, 3.8) is 0 Å². The quantitative estimate of drug-likeness (QED) is 0.782. The van der Waals surface area contributed by atoms with E-state index in [4.69, 9.17) is 0 Å². The van der Waals surface area contributed by atoms with Crippen molar-refractivity contribution in [1.29, 1.82) is 0 Å². The fourth-order valence-corrected chi connectivity index (χ4v) is 2.20. The second-order valence-electron chi connectivity index (χ2n) is 5.91. The Balaban J connectivity index is 1.86. The van der Waals surface area contributed by atoms with Crippen LogP contribution in [0.2, 0.25) is 0 Å². The van der Waals surface area contributed by atoms with Crippen LogP contribution in [-0.2, 0) is 6.42 Å². The SMILES string of the molecule is CC(C)Cc1ccc(C(C)NCC2CC2)cc1. The molecule has 0 aliphatic heterocycles. The van der Waals surface area contributed by atoms with E-state index in [1.807, 2.05) is 0 Å². The van der Waals surface area contributed by atoms with Crippen molar-refractivity contribution in [3.05, 3.63) is 35.4 Å². The van der Waals surface area contributed by atoms with Gasteiger partial charge in [-0.1, -0.05) is 38.1 Å². The molecular formula is C16H25N. The summed E-state index contributed by atoms with van der Waals surface area (Å²) >= 11 is 0. The third-order valence-corrected chi connectivity index (χ3v) is 3.53. The molecule has 1 fully saturated rings. The Bertz CT molecular complexity index is 335. The molecule has 1 N–H and O–H groups in total. The first-order valence-electron chi connectivity index (χ1n) is 6.97. The average Bonchev–Trinajstić information content (AvgIpc) is 3.10. The fourth-order valence-electron chi connectivity index (χ4n) is 2.20. The second kappa shape index (κ2) is 5.68. The zero-order valence-electron chi connectivity index (χ0n) is 11.4. The van der Waals surface area contributed by atoms with Crippen LogP contribution in [0.1, 0.15) is 50.8 Å². The number of hydrogen-bond donors (Lipinski definition) is 1. The number of benzene rings is 1. The van der Waals surface area contributed by atoms with Crippen molar-refractivity contribution >= 4 is 0 Å². The van der Waals surface area contributed by atoms with E-state index in [2.05, 4.69) is 50.4 Å². The summed E-state index contributed by atoms with van der Waals surface area (Å²) in [6.07, 6.45) is 4.03. The van der Waals surface area contributed by atoms with Crippen LogP contribution >= 0.6 is 0 Å². The minimum Gasteiger partial charge on any atom is -0.310 e. The van der Waals surface area contributed by atoms with Crippen molar-refractivity contribution in [2.75, 3.05) is 6.54 Å². The Morgan fingerprint density at radius 2 is 1.76 bits per heavy atom. The molecule has 1 aromatic carbocycles. The number of nitrogens with one attached hydrogen (secondary N) is 1. The summed E-state index contributed by atoms with van der Waals surface area (Å²) in [5, 5.41) is 3.62. The van der Waals surface area contributed by atoms with Crippen LogP contribution in [0.25, 0.3) is 0 Å². The summed E-state index contributed by atoms with van der Waals surface area (Å²) in [4.78, 5) is 0. The monoisotopic (exact) mass is 231 g/mol. The van der Waals surface area contributed by atoms with Gasteiger partial charge in [0, 0.05) is 6.04 Å². The highest BCUT2D eigenvalue weighted by Crippen LogP contribution is 2.28. The van der Waals surface area contributed by atoms with Crippen LogP contribution in [0.4, 0.5) is 0 Å². The summed E-state index contributed by atoms with van der Waals surface area (Å²) in [5.41, 5.74) is 2.87. The van der Waals surface area contributed by atoms with Gasteiger partial charge < -0.3 is 5.32 Å². The molecule has 0 bridgehead atoms. The predicted octanol–water partition coefficient (Wildman–Crippen LogP) is 3.95. The minimum absolute atomic E-state index is 0.490. The normalized spacial score (nSPS) is 17.4. The summed E-state index contributed by atoms with van der Waals surface area (Å²) in [6, 6.07) is 9.61. The van der Waals surface area contributed by atoms with Gasteiger partial charge in [0.1, 0.15) is 0 Å². The smallest absolute Gasteiger partial charge is 0.0291 e. The van der Waals surface area contributed by atoms with E-state index in [-0.39, 0.29) is 0 Å². The van der Waals surface area contributed by atoms with E-state index >= 15 is 0 Å². The maximum absolute atomic E-state index is 3.62. The van der Waals surface area contributed by atoms with Crippen LogP contribution in [0.5, 0.6) is 0 Å². The van der Waals surface area contributed by atoms with Crippen LogP contribution in [-0.4, -0.2) is 6.54 Å². The van der Waals surface area contributed by atoms with Crippen LogP contribution in [0.3, 0.4) is 0 Å². The molecule has 0 radical (unpaired) electrons. The summed E-state index contributed by atoms with van der Waals surface area (Å²) in [7, 11) is 0. The molecule has 1 heteroatoms. The molecule has 1 atom stereocenters. The van der Waals surface area contributed by atoms with E-state index in [9.17, 15) is 0 Å². The van der Waals surface area contributed by atoms with Gasteiger partial charge in [0.05, 0.1) is 0 Å². The Morgan fingerprint density at radius 1 is 1.12 bits per heavy atom. The number of hydrogen-bond acceptors (Lipinski definition) is 1. The van der Waals surface area contributed by atoms with Gasteiger partial charge in [-0.25, -0.2) is 0 Å². The summed E-state index contributed by atoms with van der Waals surface area (Å²) in [5.74, 6) is 1.70. The lowest BCUT2D eigenvalue weighted by atomic mass is 10.00. The fraction of sp³-hybridized carbons (Fsp3) is 0.625. The molecule has 94 valence electrons. The van der Waals surface area contributed by atoms with E-state index in [0.29, 0.717) is 6.04 Å². The highest BCUT2D eigenvalue weighted by Gasteiger charge is 2.21. The zero-order chi connectivity index (χ0) is 12.3. The highest BCUT2D eigenvalue weighted by molar-refractivity contribution is 5.25. The minimum atomic E-state index is 0.490. The predicted molar refractivity (Wildman–Crippen MR) is 74.1 cm³/mol. The Morgan fingerprint density at radius 3 is 2.29 bits per heavy atom. The van der Waals surface area contributed by atoms with Crippen LogP contribution in [0, 0.1) is 11.8 Å². The molecule has 1 aromatic rings. The first-order chi connectivity index (χ1) is 8.15. The molecule has 1 unspecified atom stereocenters. The molecule has 2 rings (SSSR count). The van der Waals surface area contributed by atoms with E-state index in [1.54, 1.807) is 0 Å². The molecule has 0 saturated heterocycles. The van der Waals surface area contributed by atoms with Crippen molar-refractivity contribution in [2.24, 2.45) is 11.8 Å². The molecule has 0 aromatic heterocycles. The van der Waals surface area contributed by atoms with Gasteiger partial charge in [0.25, 0.3) is 0 Å². The van der Waals surface area contributed by atoms with Crippen molar-refractivity contribution < 1.29 is 0 Å². The first kappa shape index (κ1) is 12.6. The van der Waals surface area contributed by atoms with Gasteiger partial charge in [-0.15, -0.1) is 0 Å². The Kier molecular flexibility index (Phi) is 4.22. The second-order valence-corrected chi connectivity index (χ2v) is 5.91. The lowest BCUT2D eigenvalue weighted by molar-refractivity contribution is 0.548. The maximum Gasteiger partial charge on any atom is 0.0291 e. The third-order valence-electron chi connectivity index (χ3n) is 3.53. The highest BCUT2D eigenvalue weighted by atomic mass is 14.9. The van der Waals surface area contributed by atoms with Gasteiger partial charge in [0.15, 0.2) is 0 Å². The molecule has 0 heterocycles. The molecular weight excluding hydrogens is 206 g/mol. The van der Waals surface area contributed by atoms with Crippen molar-refractivity contribution in [2.45, 2.75) is 46.1 Å². The van der Waals surface area contributed by atoms with Gasteiger partial charge in [-0.2, -0.15) is 0 Å². The van der Waals surface area contributed by atoms with Crippen molar-refractivity contribution in [1.82, 2.24) is 5.32 Å². The van der Waals surface area contributed by atoms with Gasteiger partial charge >= 0.3 is 0 Å². The standard InChI is InChI=1S/C16H25N/c1-12(2)10-14-6-8-16(9-7-14)13(3)17-11-15-4-5-15/h6-9,12-13,15,17H,4-5,10-11H2,1-3H3. The van der Waals surface area contributed by atoms with Gasteiger partial charge in [-0.05, 0) is 55.7 Å². The van der Waals surface area contributed by atoms with Gasteiger partial charge in [-0.3, -0.25) is 0 Å². The van der Waals surface area contributed by atoms with E-state index in [1.165, 1.54) is 36.9 Å². The molecule has 1 saturated carbocycles. The summed E-state index contributed by atoms with van der Waals surface area (Å²) in [6.45, 7) is 8.00. The lowest BCUT2D eigenvalue weighted by Gasteiger charge is -2.14. The van der Waals surface area contributed by atoms with Crippen LogP contribution in [0.15, 0.2) is 24.3 Å². The zero-order valence-corrected chi connectivity index (χ0v) is 11.4. The van der Waals surface area contributed by atoms with Crippen LogP contribution < -0.4 is 5.32 Å².